The minimum absolute atomic E-state index is 0.370. The minimum Gasteiger partial charge on any atom is -0.431 e. The topological polar surface area (TPSA) is 26.3 Å². The second-order valence-corrected chi connectivity index (χ2v) is 3.59. The monoisotopic (exact) mass is 240 g/mol. The van der Waals surface area contributed by atoms with Gasteiger partial charge in [0.25, 0.3) is 0 Å². The Balaban J connectivity index is 2.56. The standard InChI is InChI=1S/C16H16O2/c1-3-4-13-18-16(17)14(2)9-8-12-15-10-6-5-7-11-15/h3-13H,1H2,2H3. The Morgan fingerprint density at radius 1 is 1.22 bits per heavy atom. The summed E-state index contributed by atoms with van der Waals surface area (Å²) in [6.07, 6.45) is 9.89. The molecular weight excluding hydrogens is 224 g/mol. The number of carbonyl (C=O) groups excluding carboxylic acids is 1. The van der Waals surface area contributed by atoms with E-state index in [1.165, 1.54) is 6.26 Å². The molecule has 0 saturated heterocycles. The molecule has 0 spiro atoms. The predicted molar refractivity (Wildman–Crippen MR) is 74.7 cm³/mol. The van der Waals surface area contributed by atoms with Crippen molar-refractivity contribution in [1.29, 1.82) is 0 Å². The number of carbonyl (C=O) groups is 1. The van der Waals surface area contributed by atoms with Gasteiger partial charge in [-0.3, -0.25) is 0 Å². The van der Waals surface area contributed by atoms with Gasteiger partial charge in [-0.2, -0.15) is 0 Å². The van der Waals surface area contributed by atoms with E-state index in [1.807, 2.05) is 42.5 Å². The van der Waals surface area contributed by atoms with Crippen LogP contribution in [0.2, 0.25) is 0 Å². The lowest BCUT2D eigenvalue weighted by Crippen LogP contribution is -2.00. The zero-order valence-corrected chi connectivity index (χ0v) is 10.4. The highest BCUT2D eigenvalue weighted by Crippen LogP contribution is 2.03. The van der Waals surface area contributed by atoms with Crippen LogP contribution in [0.15, 0.2) is 73.1 Å². The van der Waals surface area contributed by atoms with Gasteiger partial charge in [0, 0.05) is 5.57 Å². The predicted octanol–water partition coefficient (Wildman–Crippen LogP) is 3.89. The molecule has 0 aliphatic carbocycles. The van der Waals surface area contributed by atoms with Crippen LogP contribution in [0.3, 0.4) is 0 Å². The summed E-state index contributed by atoms with van der Waals surface area (Å²) in [5.74, 6) is -0.370. The van der Waals surface area contributed by atoms with E-state index in [4.69, 9.17) is 4.74 Å². The van der Waals surface area contributed by atoms with Gasteiger partial charge in [-0.1, -0.05) is 61.2 Å². The van der Waals surface area contributed by atoms with Gasteiger partial charge in [0.2, 0.25) is 0 Å². The lowest BCUT2D eigenvalue weighted by molar-refractivity contribution is -0.133. The molecule has 0 heterocycles. The number of rotatable bonds is 5. The number of allylic oxidation sites excluding steroid dienone is 4. The van der Waals surface area contributed by atoms with Crippen LogP contribution in [-0.4, -0.2) is 5.97 Å². The van der Waals surface area contributed by atoms with Crippen molar-refractivity contribution >= 4 is 12.0 Å². The third kappa shape index (κ3) is 5.12. The highest BCUT2D eigenvalue weighted by atomic mass is 16.5. The van der Waals surface area contributed by atoms with E-state index >= 15 is 0 Å². The largest absolute Gasteiger partial charge is 0.431 e. The van der Waals surface area contributed by atoms with Crippen LogP contribution >= 0.6 is 0 Å². The fourth-order valence-electron chi connectivity index (χ4n) is 1.19. The third-order valence-electron chi connectivity index (χ3n) is 2.15. The maximum absolute atomic E-state index is 11.5. The fourth-order valence-corrected chi connectivity index (χ4v) is 1.19. The summed E-state index contributed by atoms with van der Waals surface area (Å²) in [4.78, 5) is 11.5. The Kier molecular flexibility index (Phi) is 5.98. The Bertz CT molecular complexity index is 479. The first-order valence-corrected chi connectivity index (χ1v) is 5.62. The van der Waals surface area contributed by atoms with Gasteiger partial charge in [-0.25, -0.2) is 4.79 Å². The quantitative estimate of drug-likeness (QED) is 0.338. The molecule has 0 radical (unpaired) electrons. The van der Waals surface area contributed by atoms with E-state index in [9.17, 15) is 4.79 Å². The van der Waals surface area contributed by atoms with Gasteiger partial charge >= 0.3 is 5.97 Å². The van der Waals surface area contributed by atoms with Crippen LogP contribution in [0.25, 0.3) is 6.08 Å². The van der Waals surface area contributed by atoms with Crippen LogP contribution in [-0.2, 0) is 9.53 Å². The molecule has 0 aromatic heterocycles. The molecule has 0 saturated carbocycles. The fraction of sp³-hybridized carbons (Fsp3) is 0.0625. The number of hydrogen-bond donors (Lipinski definition) is 0. The summed E-state index contributed by atoms with van der Waals surface area (Å²) >= 11 is 0. The van der Waals surface area contributed by atoms with Gasteiger partial charge < -0.3 is 4.74 Å². The maximum Gasteiger partial charge on any atom is 0.338 e. The zero-order chi connectivity index (χ0) is 13.2. The molecule has 0 aliphatic rings. The van der Waals surface area contributed by atoms with Crippen molar-refractivity contribution in [3.05, 3.63) is 78.6 Å². The van der Waals surface area contributed by atoms with Crippen LogP contribution < -0.4 is 0 Å². The molecule has 0 aliphatic heterocycles. The summed E-state index contributed by atoms with van der Waals surface area (Å²) in [5.41, 5.74) is 1.62. The van der Waals surface area contributed by atoms with E-state index in [1.54, 1.807) is 25.2 Å². The smallest absolute Gasteiger partial charge is 0.338 e. The molecule has 0 unspecified atom stereocenters. The van der Waals surface area contributed by atoms with Crippen molar-refractivity contribution in [2.24, 2.45) is 0 Å². The van der Waals surface area contributed by atoms with E-state index in [-0.39, 0.29) is 5.97 Å². The molecule has 0 amide bonds. The molecule has 0 atom stereocenters. The van der Waals surface area contributed by atoms with Crippen molar-refractivity contribution in [3.63, 3.8) is 0 Å². The normalized spacial score (nSPS) is 11.9. The second kappa shape index (κ2) is 7.85. The Hall–Kier alpha value is -2.35. The molecule has 92 valence electrons. The highest BCUT2D eigenvalue weighted by molar-refractivity contribution is 5.88. The van der Waals surface area contributed by atoms with E-state index < -0.39 is 0 Å². The van der Waals surface area contributed by atoms with Crippen molar-refractivity contribution in [3.8, 4) is 0 Å². The van der Waals surface area contributed by atoms with Crippen LogP contribution in [0.1, 0.15) is 12.5 Å². The van der Waals surface area contributed by atoms with E-state index in [0.717, 1.165) is 5.56 Å². The summed E-state index contributed by atoms with van der Waals surface area (Å²) in [6, 6.07) is 9.87. The molecule has 2 heteroatoms. The number of esters is 1. The van der Waals surface area contributed by atoms with E-state index in [0.29, 0.717) is 5.57 Å². The molecule has 1 rings (SSSR count). The van der Waals surface area contributed by atoms with Crippen molar-refractivity contribution < 1.29 is 9.53 Å². The first-order chi connectivity index (χ1) is 8.74. The average Bonchev–Trinajstić information content (AvgIpc) is 2.40. The second-order valence-electron chi connectivity index (χ2n) is 3.59. The number of benzene rings is 1. The summed E-state index contributed by atoms with van der Waals surface area (Å²) in [5, 5.41) is 0. The first-order valence-electron chi connectivity index (χ1n) is 5.62. The molecule has 0 bridgehead atoms. The number of hydrogen-bond acceptors (Lipinski definition) is 2. The Morgan fingerprint density at radius 3 is 2.61 bits per heavy atom. The third-order valence-corrected chi connectivity index (χ3v) is 2.15. The van der Waals surface area contributed by atoms with Gasteiger partial charge in [-0.15, -0.1) is 0 Å². The van der Waals surface area contributed by atoms with Crippen LogP contribution in [0, 0.1) is 0 Å². The molecule has 0 N–H and O–H groups in total. The zero-order valence-electron chi connectivity index (χ0n) is 10.4. The minimum atomic E-state index is -0.370. The lowest BCUT2D eigenvalue weighted by atomic mass is 10.2. The maximum atomic E-state index is 11.5. The molecule has 1 aromatic carbocycles. The molecule has 18 heavy (non-hydrogen) atoms. The Morgan fingerprint density at radius 2 is 1.94 bits per heavy atom. The van der Waals surface area contributed by atoms with Crippen molar-refractivity contribution in [2.45, 2.75) is 6.92 Å². The SMILES string of the molecule is C=CC=COC(=O)C(C)=CC=Cc1ccccc1. The van der Waals surface area contributed by atoms with E-state index in [2.05, 4.69) is 6.58 Å². The van der Waals surface area contributed by atoms with Gasteiger partial charge in [0.05, 0.1) is 6.26 Å². The van der Waals surface area contributed by atoms with Crippen LogP contribution in [0.5, 0.6) is 0 Å². The first kappa shape index (κ1) is 13.7. The van der Waals surface area contributed by atoms with Gasteiger partial charge in [-0.05, 0) is 18.6 Å². The molecule has 0 fully saturated rings. The van der Waals surface area contributed by atoms with Gasteiger partial charge in [0.15, 0.2) is 0 Å². The average molecular weight is 240 g/mol. The highest BCUT2D eigenvalue weighted by Gasteiger charge is 2.01. The molecular formula is C16H16O2. The van der Waals surface area contributed by atoms with Gasteiger partial charge in [0.1, 0.15) is 0 Å². The Labute approximate surface area is 108 Å². The summed E-state index contributed by atoms with van der Waals surface area (Å²) in [7, 11) is 0. The van der Waals surface area contributed by atoms with Crippen LogP contribution in [0.4, 0.5) is 0 Å². The molecule has 1 aromatic rings. The summed E-state index contributed by atoms with van der Waals surface area (Å²) < 4.78 is 4.85. The van der Waals surface area contributed by atoms with Crippen molar-refractivity contribution in [2.75, 3.05) is 0 Å². The lowest BCUT2D eigenvalue weighted by Gasteiger charge is -1.96. The van der Waals surface area contributed by atoms with Crippen molar-refractivity contribution in [1.82, 2.24) is 0 Å². The summed E-state index contributed by atoms with van der Waals surface area (Å²) in [6.45, 7) is 5.19. The number of ether oxygens (including phenoxy) is 1. The molecule has 2 nitrogen and oxygen atoms in total.